The van der Waals surface area contributed by atoms with E-state index < -0.39 is 6.04 Å². The molecule has 2 N–H and O–H groups in total. The average molecular weight is 438 g/mol. The van der Waals surface area contributed by atoms with Crippen LogP contribution in [0.4, 0.5) is 10.1 Å². The van der Waals surface area contributed by atoms with Gasteiger partial charge < -0.3 is 10.6 Å². The molecule has 1 aliphatic rings. The van der Waals surface area contributed by atoms with E-state index in [0.717, 1.165) is 18.4 Å². The standard InChI is InChI=1S/C24H24FN3O2S/c25-19-6-8-20(9-7-19)27-24(30)22(17-4-2-1-3-5-17)28-13-10-21(11-14-28)26-23(29)18-12-15-31-16-18/h1-9,12,15-16,21-22H,10-11,13-14H2,(H,26,29)(H,27,30). The van der Waals surface area contributed by atoms with Crippen molar-refractivity contribution in [3.05, 3.63) is 88.4 Å². The Labute approximate surface area is 184 Å². The largest absolute Gasteiger partial charge is 0.349 e. The van der Waals surface area contributed by atoms with Crippen molar-refractivity contribution in [2.75, 3.05) is 18.4 Å². The SMILES string of the molecule is O=C(NC1CCN(C(C(=O)Nc2ccc(F)cc2)c2ccccc2)CC1)c1ccsc1. The summed E-state index contributed by atoms with van der Waals surface area (Å²) in [6.45, 7) is 1.37. The summed E-state index contributed by atoms with van der Waals surface area (Å²) in [5, 5.41) is 9.74. The summed E-state index contributed by atoms with van der Waals surface area (Å²) in [7, 11) is 0. The van der Waals surface area contributed by atoms with E-state index in [2.05, 4.69) is 15.5 Å². The molecule has 1 aromatic heterocycles. The third kappa shape index (κ3) is 5.37. The van der Waals surface area contributed by atoms with Crippen LogP contribution in [0, 0.1) is 5.82 Å². The van der Waals surface area contributed by atoms with E-state index in [1.165, 1.54) is 23.5 Å². The van der Waals surface area contributed by atoms with Gasteiger partial charge in [0, 0.05) is 35.8 Å². The van der Waals surface area contributed by atoms with E-state index in [0.29, 0.717) is 24.3 Å². The Hall–Kier alpha value is -3.03. The van der Waals surface area contributed by atoms with Crippen LogP contribution in [0.25, 0.3) is 0 Å². The minimum Gasteiger partial charge on any atom is -0.349 e. The molecule has 0 spiro atoms. The van der Waals surface area contributed by atoms with E-state index in [9.17, 15) is 14.0 Å². The van der Waals surface area contributed by atoms with Gasteiger partial charge in [0.1, 0.15) is 11.9 Å². The number of amides is 2. The normalized spacial score (nSPS) is 15.9. The summed E-state index contributed by atoms with van der Waals surface area (Å²) < 4.78 is 13.2. The first-order valence-corrected chi connectivity index (χ1v) is 11.2. The molecule has 0 saturated carbocycles. The molecular formula is C24H24FN3O2S. The third-order valence-corrected chi connectivity index (χ3v) is 6.17. The van der Waals surface area contributed by atoms with Gasteiger partial charge in [-0.15, -0.1) is 0 Å². The average Bonchev–Trinajstić information content (AvgIpc) is 3.33. The molecule has 0 bridgehead atoms. The van der Waals surface area contributed by atoms with Crippen LogP contribution in [-0.2, 0) is 4.79 Å². The maximum atomic E-state index is 13.2. The van der Waals surface area contributed by atoms with Crippen LogP contribution in [0.3, 0.4) is 0 Å². The maximum Gasteiger partial charge on any atom is 0.252 e. The Bertz CT molecular complexity index is 1000. The molecule has 2 aromatic carbocycles. The number of halogens is 1. The van der Waals surface area contributed by atoms with Crippen LogP contribution in [0.1, 0.15) is 34.8 Å². The predicted octanol–water partition coefficient (Wildman–Crippen LogP) is 4.46. The highest BCUT2D eigenvalue weighted by molar-refractivity contribution is 7.08. The zero-order valence-corrected chi connectivity index (χ0v) is 17.8. The molecule has 1 fully saturated rings. The molecule has 3 aromatic rings. The van der Waals surface area contributed by atoms with Gasteiger partial charge >= 0.3 is 0 Å². The first-order chi connectivity index (χ1) is 15.1. The van der Waals surface area contributed by atoms with Crippen LogP contribution in [0.5, 0.6) is 0 Å². The number of hydrogen-bond acceptors (Lipinski definition) is 4. The summed E-state index contributed by atoms with van der Waals surface area (Å²) >= 11 is 1.50. The van der Waals surface area contributed by atoms with Crippen LogP contribution >= 0.6 is 11.3 Å². The molecule has 0 radical (unpaired) electrons. The predicted molar refractivity (Wildman–Crippen MR) is 121 cm³/mol. The fourth-order valence-electron chi connectivity index (χ4n) is 3.87. The maximum absolute atomic E-state index is 13.2. The van der Waals surface area contributed by atoms with Gasteiger partial charge in [0.05, 0.1) is 0 Å². The molecule has 160 valence electrons. The van der Waals surface area contributed by atoms with Crippen LogP contribution in [-0.4, -0.2) is 35.8 Å². The molecule has 1 atom stereocenters. The summed E-state index contributed by atoms with van der Waals surface area (Å²) in [5.74, 6) is -0.545. The molecule has 1 aliphatic heterocycles. The number of hydrogen-bond donors (Lipinski definition) is 2. The highest BCUT2D eigenvalue weighted by Gasteiger charge is 2.31. The number of nitrogens with one attached hydrogen (secondary N) is 2. The number of nitrogens with zero attached hydrogens (tertiary/aromatic N) is 1. The minimum atomic E-state index is -0.459. The summed E-state index contributed by atoms with van der Waals surface area (Å²) in [4.78, 5) is 27.7. The molecule has 31 heavy (non-hydrogen) atoms. The van der Waals surface area contributed by atoms with E-state index in [1.54, 1.807) is 12.1 Å². The third-order valence-electron chi connectivity index (χ3n) is 5.49. The van der Waals surface area contributed by atoms with Crippen molar-refractivity contribution < 1.29 is 14.0 Å². The second-order valence-electron chi connectivity index (χ2n) is 7.61. The van der Waals surface area contributed by atoms with Gasteiger partial charge in [0.25, 0.3) is 5.91 Å². The Kier molecular flexibility index (Phi) is 6.74. The van der Waals surface area contributed by atoms with E-state index in [1.807, 2.05) is 47.2 Å². The Balaban J connectivity index is 1.43. The van der Waals surface area contributed by atoms with Gasteiger partial charge in [0.2, 0.25) is 5.91 Å². The number of rotatable bonds is 6. The molecular weight excluding hydrogens is 413 g/mol. The molecule has 2 amide bonds. The topological polar surface area (TPSA) is 61.4 Å². The highest BCUT2D eigenvalue weighted by atomic mass is 32.1. The molecule has 2 heterocycles. The molecule has 5 nitrogen and oxygen atoms in total. The van der Waals surface area contributed by atoms with Gasteiger partial charge in [0.15, 0.2) is 0 Å². The summed E-state index contributed by atoms with van der Waals surface area (Å²) in [6, 6.07) is 16.9. The molecule has 0 aliphatic carbocycles. The lowest BCUT2D eigenvalue weighted by molar-refractivity contribution is -0.122. The first-order valence-electron chi connectivity index (χ1n) is 10.3. The van der Waals surface area contributed by atoms with Crippen molar-refractivity contribution in [2.45, 2.75) is 24.9 Å². The summed E-state index contributed by atoms with van der Waals surface area (Å²) in [5.41, 5.74) is 2.15. The Morgan fingerprint density at radius 2 is 1.71 bits per heavy atom. The summed E-state index contributed by atoms with van der Waals surface area (Å²) in [6.07, 6.45) is 1.53. The number of piperidine rings is 1. The lowest BCUT2D eigenvalue weighted by Gasteiger charge is -2.37. The van der Waals surface area contributed by atoms with Gasteiger partial charge in [-0.25, -0.2) is 4.39 Å². The molecule has 1 saturated heterocycles. The quantitative estimate of drug-likeness (QED) is 0.599. The molecule has 1 unspecified atom stereocenters. The Morgan fingerprint density at radius 1 is 1.00 bits per heavy atom. The number of likely N-dealkylation sites (tertiary alicyclic amines) is 1. The van der Waals surface area contributed by atoms with E-state index >= 15 is 0 Å². The monoisotopic (exact) mass is 437 g/mol. The number of benzene rings is 2. The minimum absolute atomic E-state index is 0.0478. The van der Waals surface area contributed by atoms with Gasteiger partial charge in [-0.05, 0) is 54.1 Å². The molecule has 7 heteroatoms. The van der Waals surface area contributed by atoms with Crippen molar-refractivity contribution in [3.8, 4) is 0 Å². The number of anilines is 1. The lowest BCUT2D eigenvalue weighted by atomic mass is 9.98. The van der Waals surface area contributed by atoms with E-state index in [4.69, 9.17) is 0 Å². The zero-order valence-electron chi connectivity index (χ0n) is 17.0. The van der Waals surface area contributed by atoms with Crippen LogP contribution in [0.15, 0.2) is 71.4 Å². The second kappa shape index (κ2) is 9.85. The lowest BCUT2D eigenvalue weighted by Crippen LogP contribution is -2.47. The van der Waals surface area contributed by atoms with Crippen molar-refractivity contribution in [1.82, 2.24) is 10.2 Å². The second-order valence-corrected chi connectivity index (χ2v) is 8.39. The van der Waals surface area contributed by atoms with Gasteiger partial charge in [-0.1, -0.05) is 30.3 Å². The van der Waals surface area contributed by atoms with Crippen LogP contribution in [0.2, 0.25) is 0 Å². The smallest absolute Gasteiger partial charge is 0.252 e. The van der Waals surface area contributed by atoms with Crippen molar-refractivity contribution in [1.29, 1.82) is 0 Å². The number of carbonyl (C=O) groups excluding carboxylic acids is 2. The fourth-order valence-corrected chi connectivity index (χ4v) is 4.51. The van der Waals surface area contributed by atoms with Crippen molar-refractivity contribution in [3.63, 3.8) is 0 Å². The Morgan fingerprint density at radius 3 is 2.35 bits per heavy atom. The highest BCUT2D eigenvalue weighted by Crippen LogP contribution is 2.27. The fraction of sp³-hybridized carbons (Fsp3) is 0.250. The van der Waals surface area contributed by atoms with Gasteiger partial charge in [-0.2, -0.15) is 11.3 Å². The number of carbonyl (C=O) groups is 2. The number of thiophene rings is 1. The van der Waals surface area contributed by atoms with E-state index in [-0.39, 0.29) is 23.7 Å². The zero-order chi connectivity index (χ0) is 21.6. The van der Waals surface area contributed by atoms with Gasteiger partial charge in [-0.3, -0.25) is 14.5 Å². The van der Waals surface area contributed by atoms with Crippen molar-refractivity contribution in [2.24, 2.45) is 0 Å². The molecule has 4 rings (SSSR count). The van der Waals surface area contributed by atoms with Crippen LogP contribution < -0.4 is 10.6 Å². The first kappa shape index (κ1) is 21.2. The van der Waals surface area contributed by atoms with Crippen molar-refractivity contribution >= 4 is 28.8 Å².